The normalized spacial score (nSPS) is 11.4. The highest BCUT2D eigenvalue weighted by atomic mass is 32.2. The van der Waals surface area contributed by atoms with Crippen molar-refractivity contribution in [2.24, 2.45) is 0 Å². The highest BCUT2D eigenvalue weighted by Gasteiger charge is 2.20. The summed E-state index contributed by atoms with van der Waals surface area (Å²) >= 11 is 0. The van der Waals surface area contributed by atoms with E-state index >= 15 is 0 Å². The van der Waals surface area contributed by atoms with Crippen LogP contribution < -0.4 is 4.72 Å². The Kier molecular flexibility index (Phi) is 3.28. The Morgan fingerprint density at radius 2 is 2.17 bits per heavy atom. The molecule has 0 aliphatic heterocycles. The van der Waals surface area contributed by atoms with E-state index < -0.39 is 10.0 Å². The van der Waals surface area contributed by atoms with Crippen LogP contribution in [-0.4, -0.2) is 28.2 Å². The fourth-order valence-electron chi connectivity index (χ4n) is 1.47. The fourth-order valence-corrected chi connectivity index (χ4v) is 2.65. The topological polar surface area (TPSA) is 89.8 Å². The minimum atomic E-state index is -3.67. The van der Waals surface area contributed by atoms with E-state index in [0.717, 1.165) is 0 Å². The van der Waals surface area contributed by atoms with E-state index in [1.54, 1.807) is 11.6 Å². The third-order valence-electron chi connectivity index (χ3n) is 2.32. The average molecular weight is 267 g/mol. The Labute approximate surface area is 105 Å². The van der Waals surface area contributed by atoms with Gasteiger partial charge in [-0.1, -0.05) is 0 Å². The maximum atomic E-state index is 12.1. The largest absolute Gasteiger partial charge is 0.271 e. The Morgan fingerprint density at radius 3 is 2.72 bits per heavy atom. The molecule has 2 aromatic heterocycles. The monoisotopic (exact) mass is 267 g/mol. The van der Waals surface area contributed by atoms with Crippen LogP contribution in [0.4, 0.5) is 5.82 Å². The first-order chi connectivity index (χ1) is 8.53. The van der Waals surface area contributed by atoms with Gasteiger partial charge in [0.1, 0.15) is 4.90 Å². The first kappa shape index (κ1) is 12.5. The molecule has 0 aliphatic carbocycles. The van der Waals surface area contributed by atoms with E-state index in [4.69, 9.17) is 0 Å². The summed E-state index contributed by atoms with van der Waals surface area (Å²) in [6.07, 6.45) is 5.73. The highest BCUT2D eigenvalue weighted by Crippen LogP contribution is 2.16. The first-order valence-corrected chi connectivity index (χ1v) is 6.84. The molecule has 8 heteroatoms. The van der Waals surface area contributed by atoms with Crippen LogP contribution in [0.15, 0.2) is 29.7 Å². The van der Waals surface area contributed by atoms with E-state index in [9.17, 15) is 8.42 Å². The van der Waals surface area contributed by atoms with Crippen LogP contribution in [0.25, 0.3) is 0 Å². The van der Waals surface area contributed by atoms with Gasteiger partial charge in [-0.05, 0) is 13.8 Å². The van der Waals surface area contributed by atoms with Crippen LogP contribution >= 0.6 is 0 Å². The quantitative estimate of drug-likeness (QED) is 0.885. The molecule has 0 radical (unpaired) electrons. The van der Waals surface area contributed by atoms with Gasteiger partial charge in [0.2, 0.25) is 0 Å². The molecule has 7 nitrogen and oxygen atoms in total. The van der Waals surface area contributed by atoms with Crippen LogP contribution in [0, 0.1) is 6.92 Å². The molecule has 2 aromatic rings. The number of nitrogens with one attached hydrogen (secondary N) is 1. The van der Waals surface area contributed by atoms with Gasteiger partial charge < -0.3 is 0 Å². The SMILES string of the molecule is CCn1cc(S(=O)(=O)Nc2cnccn2)c(C)n1. The Hall–Kier alpha value is -1.96. The van der Waals surface area contributed by atoms with Crippen LogP contribution in [0.5, 0.6) is 0 Å². The highest BCUT2D eigenvalue weighted by molar-refractivity contribution is 7.92. The van der Waals surface area contributed by atoms with E-state index in [2.05, 4.69) is 19.8 Å². The maximum absolute atomic E-state index is 12.1. The van der Waals surface area contributed by atoms with Gasteiger partial charge in [0.05, 0.1) is 11.9 Å². The second kappa shape index (κ2) is 4.73. The summed E-state index contributed by atoms with van der Waals surface area (Å²) in [5, 5.41) is 4.10. The molecule has 96 valence electrons. The number of aromatic nitrogens is 4. The molecular formula is C10H13N5O2S. The minimum absolute atomic E-state index is 0.148. The van der Waals surface area contributed by atoms with Crippen LogP contribution in [0.3, 0.4) is 0 Å². The van der Waals surface area contributed by atoms with Crippen molar-refractivity contribution >= 4 is 15.8 Å². The number of aryl methyl sites for hydroxylation is 2. The van der Waals surface area contributed by atoms with Crippen molar-refractivity contribution in [2.45, 2.75) is 25.3 Å². The first-order valence-electron chi connectivity index (χ1n) is 5.36. The average Bonchev–Trinajstić information content (AvgIpc) is 2.72. The van der Waals surface area contributed by atoms with Crippen molar-refractivity contribution in [1.82, 2.24) is 19.7 Å². The molecular weight excluding hydrogens is 254 g/mol. The predicted octanol–water partition coefficient (Wildman–Crippen LogP) is 0.802. The van der Waals surface area contributed by atoms with Crippen molar-refractivity contribution in [2.75, 3.05) is 4.72 Å². The molecule has 0 aromatic carbocycles. The molecule has 0 amide bonds. The molecule has 0 bridgehead atoms. The van der Waals surface area contributed by atoms with Gasteiger partial charge in [0.15, 0.2) is 5.82 Å². The van der Waals surface area contributed by atoms with Gasteiger partial charge in [0, 0.05) is 25.1 Å². The molecule has 2 heterocycles. The van der Waals surface area contributed by atoms with Crippen molar-refractivity contribution in [3.8, 4) is 0 Å². The summed E-state index contributed by atoms with van der Waals surface area (Å²) in [5.74, 6) is 0.182. The molecule has 2 rings (SSSR count). The van der Waals surface area contributed by atoms with Gasteiger partial charge in [-0.3, -0.25) is 14.4 Å². The van der Waals surface area contributed by atoms with Gasteiger partial charge in [-0.15, -0.1) is 0 Å². The molecule has 0 unspecified atom stereocenters. The second-order valence-corrected chi connectivity index (χ2v) is 5.28. The lowest BCUT2D eigenvalue weighted by molar-refractivity contribution is 0.600. The number of nitrogens with zero attached hydrogens (tertiary/aromatic N) is 4. The number of hydrogen-bond acceptors (Lipinski definition) is 5. The maximum Gasteiger partial charge on any atom is 0.266 e. The van der Waals surface area contributed by atoms with Crippen LogP contribution in [0.2, 0.25) is 0 Å². The molecule has 0 aliphatic rings. The fraction of sp³-hybridized carbons (Fsp3) is 0.300. The number of anilines is 1. The van der Waals surface area contributed by atoms with E-state index in [1.165, 1.54) is 24.8 Å². The Bertz CT molecular complexity index is 636. The Morgan fingerprint density at radius 1 is 1.39 bits per heavy atom. The lowest BCUT2D eigenvalue weighted by Gasteiger charge is -2.04. The molecule has 0 saturated carbocycles. The summed E-state index contributed by atoms with van der Waals surface area (Å²) in [6.45, 7) is 4.15. The zero-order valence-electron chi connectivity index (χ0n) is 10.0. The van der Waals surface area contributed by atoms with Gasteiger partial charge in [0.25, 0.3) is 10.0 Å². The lowest BCUT2D eigenvalue weighted by atomic mass is 10.5. The summed E-state index contributed by atoms with van der Waals surface area (Å²) in [4.78, 5) is 7.81. The summed E-state index contributed by atoms with van der Waals surface area (Å²) in [7, 11) is -3.67. The molecule has 0 saturated heterocycles. The zero-order chi connectivity index (χ0) is 13.2. The standard InChI is InChI=1S/C10H13N5O2S/c1-3-15-7-9(8(2)13-15)18(16,17)14-10-6-11-4-5-12-10/h4-7H,3H2,1-2H3,(H,12,14). The smallest absolute Gasteiger partial charge is 0.266 e. The van der Waals surface area contributed by atoms with Crippen molar-refractivity contribution in [3.63, 3.8) is 0 Å². The van der Waals surface area contributed by atoms with Crippen molar-refractivity contribution in [3.05, 3.63) is 30.5 Å². The van der Waals surface area contributed by atoms with Crippen molar-refractivity contribution in [1.29, 1.82) is 0 Å². The van der Waals surface area contributed by atoms with E-state index in [-0.39, 0.29) is 10.7 Å². The second-order valence-electron chi connectivity index (χ2n) is 3.63. The van der Waals surface area contributed by atoms with Crippen LogP contribution in [0.1, 0.15) is 12.6 Å². The molecule has 0 fully saturated rings. The lowest BCUT2D eigenvalue weighted by Crippen LogP contribution is -2.14. The third-order valence-corrected chi connectivity index (χ3v) is 3.77. The number of rotatable bonds is 4. The summed E-state index contributed by atoms with van der Waals surface area (Å²) < 4.78 is 28.2. The third kappa shape index (κ3) is 2.48. The predicted molar refractivity (Wildman–Crippen MR) is 65.5 cm³/mol. The van der Waals surface area contributed by atoms with E-state index in [1.807, 2.05) is 6.92 Å². The van der Waals surface area contributed by atoms with E-state index in [0.29, 0.717) is 12.2 Å². The van der Waals surface area contributed by atoms with Gasteiger partial charge in [-0.2, -0.15) is 5.10 Å². The number of hydrogen-bond donors (Lipinski definition) is 1. The molecule has 18 heavy (non-hydrogen) atoms. The van der Waals surface area contributed by atoms with Gasteiger partial charge >= 0.3 is 0 Å². The Balaban J connectivity index is 2.34. The van der Waals surface area contributed by atoms with Crippen molar-refractivity contribution < 1.29 is 8.42 Å². The number of sulfonamides is 1. The molecule has 1 N–H and O–H groups in total. The molecule has 0 atom stereocenters. The van der Waals surface area contributed by atoms with Gasteiger partial charge in [-0.25, -0.2) is 13.4 Å². The minimum Gasteiger partial charge on any atom is -0.271 e. The van der Waals surface area contributed by atoms with Crippen LogP contribution in [-0.2, 0) is 16.6 Å². The summed E-state index contributed by atoms with van der Waals surface area (Å²) in [5.41, 5.74) is 0.452. The molecule has 0 spiro atoms. The zero-order valence-corrected chi connectivity index (χ0v) is 10.8. The summed E-state index contributed by atoms with van der Waals surface area (Å²) in [6, 6.07) is 0.